The van der Waals surface area contributed by atoms with Crippen LogP contribution in [0, 0.1) is 11.7 Å². The molecule has 2 atom stereocenters. The number of carbonyl (C=O) groups is 3. The number of likely N-dealkylation sites (tertiary alicyclic amines) is 2. The second-order valence-electron chi connectivity index (χ2n) is 13.6. The van der Waals surface area contributed by atoms with Crippen LogP contribution in [0.15, 0.2) is 42.5 Å². The molecule has 0 aliphatic carbocycles. The molecule has 2 aromatic rings. The SMILES string of the molecule is CC(=O)N1CCC(N(CC(C)C)C2CCN(C(=O)[C@@H](Cc3ccc(Cl)cc3F)NC(=O)C[C@H]3NCCc4ccccc43)CC2)CC1. The molecule has 0 radical (unpaired) electrons. The van der Waals surface area contributed by atoms with E-state index < -0.39 is 11.9 Å². The van der Waals surface area contributed by atoms with Crippen LogP contribution in [-0.4, -0.2) is 89.8 Å². The van der Waals surface area contributed by atoms with Crippen molar-refractivity contribution in [1.29, 1.82) is 0 Å². The van der Waals surface area contributed by atoms with Gasteiger partial charge in [-0.3, -0.25) is 19.3 Å². The second kappa shape index (κ2) is 15.7. The van der Waals surface area contributed by atoms with Crippen LogP contribution < -0.4 is 10.6 Å². The first-order valence-corrected chi connectivity index (χ1v) is 17.3. The van der Waals surface area contributed by atoms with Crippen molar-refractivity contribution in [3.05, 3.63) is 70.0 Å². The zero-order valence-corrected chi connectivity index (χ0v) is 28.2. The standard InChI is InChI=1S/C36H49ClFN5O3/c1-24(2)23-43(29-11-16-41(17-12-29)25(3)44)30-13-18-42(19-14-30)36(46)34(20-27-8-9-28(37)21-32(27)38)40-35(45)22-33-31-7-5-4-6-26(31)10-15-39-33/h4-9,21,24,29-30,33-34,39H,10-20,22-23H2,1-3H3,(H,40,45)/t33-,34-/m1/s1. The Labute approximate surface area is 278 Å². The summed E-state index contributed by atoms with van der Waals surface area (Å²) in [6.45, 7) is 10.6. The summed E-state index contributed by atoms with van der Waals surface area (Å²) in [7, 11) is 0. The molecule has 10 heteroatoms. The maximum atomic E-state index is 14.9. The van der Waals surface area contributed by atoms with E-state index in [9.17, 15) is 18.8 Å². The highest BCUT2D eigenvalue weighted by Gasteiger charge is 2.36. The van der Waals surface area contributed by atoms with Crippen LogP contribution in [0.4, 0.5) is 4.39 Å². The summed E-state index contributed by atoms with van der Waals surface area (Å²) in [5.74, 6) is -0.257. The molecule has 0 unspecified atom stereocenters. The normalized spacial score (nSPS) is 20.1. The Morgan fingerprint density at radius 3 is 2.28 bits per heavy atom. The summed E-state index contributed by atoms with van der Waals surface area (Å²) >= 11 is 6.01. The molecule has 2 aromatic carbocycles. The van der Waals surface area contributed by atoms with Gasteiger partial charge in [-0.25, -0.2) is 4.39 Å². The lowest BCUT2D eigenvalue weighted by Gasteiger charge is -2.46. The van der Waals surface area contributed by atoms with Crippen molar-refractivity contribution < 1.29 is 18.8 Å². The highest BCUT2D eigenvalue weighted by atomic mass is 35.5. The topological polar surface area (TPSA) is 85.0 Å². The van der Waals surface area contributed by atoms with Gasteiger partial charge in [0.25, 0.3) is 0 Å². The van der Waals surface area contributed by atoms with E-state index in [4.69, 9.17) is 11.6 Å². The molecule has 3 aliphatic rings. The summed E-state index contributed by atoms with van der Waals surface area (Å²) in [5, 5.41) is 6.73. The molecule has 46 heavy (non-hydrogen) atoms. The Hall–Kier alpha value is -3.01. The third-order valence-corrected chi connectivity index (χ3v) is 10.1. The smallest absolute Gasteiger partial charge is 0.245 e. The minimum absolute atomic E-state index is 0.0520. The molecule has 3 aliphatic heterocycles. The predicted molar refractivity (Wildman–Crippen MR) is 179 cm³/mol. The fourth-order valence-electron chi connectivity index (χ4n) is 7.49. The monoisotopic (exact) mass is 653 g/mol. The zero-order valence-electron chi connectivity index (χ0n) is 27.4. The average molecular weight is 654 g/mol. The molecule has 5 rings (SSSR count). The van der Waals surface area contributed by atoms with Crippen molar-refractivity contribution in [1.82, 2.24) is 25.3 Å². The molecule has 3 heterocycles. The van der Waals surface area contributed by atoms with Gasteiger partial charge in [0, 0.05) is 75.6 Å². The van der Waals surface area contributed by atoms with Gasteiger partial charge in [-0.15, -0.1) is 0 Å². The van der Waals surface area contributed by atoms with Gasteiger partial charge in [0.2, 0.25) is 17.7 Å². The minimum atomic E-state index is -0.888. The first-order chi connectivity index (χ1) is 22.1. The van der Waals surface area contributed by atoms with Crippen LogP contribution in [0.25, 0.3) is 0 Å². The molecule has 2 fully saturated rings. The second-order valence-corrected chi connectivity index (χ2v) is 14.0. The Morgan fingerprint density at radius 2 is 1.65 bits per heavy atom. The molecule has 2 N–H and O–H groups in total. The van der Waals surface area contributed by atoms with E-state index in [1.165, 1.54) is 11.6 Å². The quantitative estimate of drug-likeness (QED) is 0.387. The van der Waals surface area contributed by atoms with Crippen LogP contribution in [-0.2, 0) is 27.2 Å². The number of hydrogen-bond donors (Lipinski definition) is 2. The molecule has 8 nitrogen and oxygen atoms in total. The fourth-order valence-corrected chi connectivity index (χ4v) is 7.65. The van der Waals surface area contributed by atoms with E-state index in [1.807, 2.05) is 28.0 Å². The number of rotatable bonds is 10. The van der Waals surface area contributed by atoms with Gasteiger partial charge in [0.15, 0.2) is 0 Å². The molecule has 2 saturated heterocycles. The summed E-state index contributed by atoms with van der Waals surface area (Å²) < 4.78 is 14.9. The number of hydrogen-bond acceptors (Lipinski definition) is 5. The van der Waals surface area contributed by atoms with Crippen LogP contribution >= 0.6 is 11.6 Å². The van der Waals surface area contributed by atoms with Crippen molar-refractivity contribution in [3.63, 3.8) is 0 Å². The van der Waals surface area contributed by atoms with Crippen molar-refractivity contribution in [3.8, 4) is 0 Å². The Bertz CT molecular complexity index is 1370. The van der Waals surface area contributed by atoms with Crippen LogP contribution in [0.3, 0.4) is 0 Å². The van der Waals surface area contributed by atoms with E-state index in [-0.39, 0.29) is 41.6 Å². The molecule has 0 aromatic heterocycles. The zero-order chi connectivity index (χ0) is 32.8. The van der Waals surface area contributed by atoms with E-state index in [2.05, 4.69) is 35.4 Å². The Kier molecular flexibility index (Phi) is 11.7. The Balaban J connectivity index is 1.26. The number of carbonyl (C=O) groups excluding carboxylic acids is 3. The van der Waals surface area contributed by atoms with Crippen LogP contribution in [0.5, 0.6) is 0 Å². The average Bonchev–Trinajstić information content (AvgIpc) is 3.04. The molecule has 0 spiro atoms. The molecular weight excluding hydrogens is 605 g/mol. The van der Waals surface area contributed by atoms with Crippen molar-refractivity contribution >= 4 is 29.3 Å². The van der Waals surface area contributed by atoms with Crippen LogP contribution in [0.1, 0.15) is 75.6 Å². The van der Waals surface area contributed by atoms with E-state index in [1.54, 1.807) is 19.1 Å². The lowest BCUT2D eigenvalue weighted by Crippen LogP contribution is -2.56. The number of nitrogens with zero attached hydrogens (tertiary/aromatic N) is 3. The van der Waals surface area contributed by atoms with E-state index in [0.29, 0.717) is 36.7 Å². The third-order valence-electron chi connectivity index (χ3n) is 9.88. The van der Waals surface area contributed by atoms with Gasteiger partial charge in [-0.05, 0) is 73.4 Å². The number of fused-ring (bicyclic) bond motifs is 1. The van der Waals surface area contributed by atoms with Gasteiger partial charge in [-0.1, -0.05) is 55.8 Å². The van der Waals surface area contributed by atoms with Crippen molar-refractivity contribution in [2.24, 2.45) is 5.92 Å². The molecule has 0 saturated carbocycles. The Morgan fingerprint density at radius 1 is 1.00 bits per heavy atom. The largest absolute Gasteiger partial charge is 0.344 e. The molecular formula is C36H49ClFN5O3. The van der Waals surface area contributed by atoms with Gasteiger partial charge >= 0.3 is 0 Å². The van der Waals surface area contributed by atoms with Crippen molar-refractivity contribution in [2.45, 2.75) is 89.9 Å². The highest BCUT2D eigenvalue weighted by Crippen LogP contribution is 2.28. The maximum Gasteiger partial charge on any atom is 0.245 e. The minimum Gasteiger partial charge on any atom is -0.344 e. The maximum absolute atomic E-state index is 14.9. The summed E-state index contributed by atoms with van der Waals surface area (Å²) in [6.07, 6.45) is 4.76. The lowest BCUT2D eigenvalue weighted by molar-refractivity contribution is -0.138. The number of amides is 3. The van der Waals surface area contributed by atoms with Gasteiger partial charge in [0.1, 0.15) is 11.9 Å². The van der Waals surface area contributed by atoms with Crippen LogP contribution in [0.2, 0.25) is 5.02 Å². The summed E-state index contributed by atoms with van der Waals surface area (Å²) in [6, 6.07) is 12.3. The first-order valence-electron chi connectivity index (χ1n) is 16.9. The molecule has 3 amide bonds. The van der Waals surface area contributed by atoms with E-state index >= 15 is 0 Å². The number of benzene rings is 2. The fraction of sp³-hybridized carbons (Fsp3) is 0.583. The number of piperidine rings is 2. The van der Waals surface area contributed by atoms with Crippen molar-refractivity contribution in [2.75, 3.05) is 39.3 Å². The van der Waals surface area contributed by atoms with Gasteiger partial charge in [-0.2, -0.15) is 0 Å². The van der Waals surface area contributed by atoms with E-state index in [0.717, 1.165) is 63.8 Å². The van der Waals surface area contributed by atoms with Gasteiger partial charge in [0.05, 0.1) is 0 Å². The third kappa shape index (κ3) is 8.66. The first kappa shape index (κ1) is 34.3. The number of nitrogens with one attached hydrogen (secondary N) is 2. The summed E-state index contributed by atoms with van der Waals surface area (Å²) in [4.78, 5) is 45.8. The number of halogens is 2. The predicted octanol–water partition coefficient (Wildman–Crippen LogP) is 4.74. The summed E-state index contributed by atoms with van der Waals surface area (Å²) in [5.41, 5.74) is 2.68. The molecule has 250 valence electrons. The lowest BCUT2D eigenvalue weighted by atomic mass is 9.92. The molecule has 0 bridgehead atoms. The highest BCUT2D eigenvalue weighted by molar-refractivity contribution is 6.30. The van der Waals surface area contributed by atoms with Gasteiger partial charge < -0.3 is 20.4 Å².